The Morgan fingerprint density at radius 2 is 2.09 bits per heavy atom. The molecule has 0 N–H and O–H groups in total. The molecule has 0 unspecified atom stereocenters. The second-order valence-electron chi connectivity index (χ2n) is 4.01. The van der Waals surface area contributed by atoms with Crippen LogP contribution in [0, 0.1) is 5.92 Å². The Kier molecular flexibility index (Phi) is 3.38. The van der Waals surface area contributed by atoms with Crippen LogP contribution in [0.15, 0.2) is 0 Å². The summed E-state index contributed by atoms with van der Waals surface area (Å²) in [4.78, 5) is 2.62. The lowest BCUT2D eigenvalue weighted by atomic mass is 9.93. The van der Waals surface area contributed by atoms with Crippen molar-refractivity contribution in [1.82, 2.24) is 4.90 Å². The molecule has 1 nitrogen and oxygen atoms in total. The molecular formula is C10H21N. The van der Waals surface area contributed by atoms with Crippen LogP contribution in [0.2, 0.25) is 0 Å². The summed E-state index contributed by atoms with van der Waals surface area (Å²) in [5.74, 6) is 0.957. The Hall–Kier alpha value is -0.0400. The zero-order valence-corrected chi connectivity index (χ0v) is 8.14. The van der Waals surface area contributed by atoms with Crippen molar-refractivity contribution in [3.63, 3.8) is 0 Å². The van der Waals surface area contributed by atoms with Crippen LogP contribution in [0.25, 0.3) is 0 Å². The molecular weight excluding hydrogens is 134 g/mol. The standard InChI is InChI=1S/C10H21N/c1-4-6-11-7-5-9(2)8-10(11)3/h9-10H,4-8H2,1-3H3/t9-,10-/m0/s1. The summed E-state index contributed by atoms with van der Waals surface area (Å²) >= 11 is 0. The SMILES string of the molecule is CCCN1CC[C@H](C)C[C@@H]1C. The quantitative estimate of drug-likeness (QED) is 0.592. The molecule has 1 heteroatoms. The molecule has 1 heterocycles. The second kappa shape index (κ2) is 4.10. The molecule has 1 rings (SSSR count). The van der Waals surface area contributed by atoms with Gasteiger partial charge in [0.2, 0.25) is 0 Å². The first kappa shape index (κ1) is 9.05. The molecule has 1 saturated heterocycles. The van der Waals surface area contributed by atoms with E-state index in [0.717, 1.165) is 12.0 Å². The van der Waals surface area contributed by atoms with Crippen LogP contribution < -0.4 is 0 Å². The Bertz CT molecular complexity index is 111. The van der Waals surface area contributed by atoms with Gasteiger partial charge in [-0.05, 0) is 45.2 Å². The molecule has 0 saturated carbocycles. The van der Waals surface area contributed by atoms with E-state index in [2.05, 4.69) is 25.7 Å². The van der Waals surface area contributed by atoms with E-state index in [4.69, 9.17) is 0 Å². The summed E-state index contributed by atoms with van der Waals surface area (Å²) in [5, 5.41) is 0. The number of piperidine rings is 1. The van der Waals surface area contributed by atoms with Gasteiger partial charge in [-0.1, -0.05) is 13.8 Å². The molecule has 1 aliphatic rings. The van der Waals surface area contributed by atoms with Gasteiger partial charge in [0.25, 0.3) is 0 Å². The maximum atomic E-state index is 2.62. The van der Waals surface area contributed by atoms with Crippen molar-refractivity contribution < 1.29 is 0 Å². The van der Waals surface area contributed by atoms with E-state index in [1.807, 2.05) is 0 Å². The molecule has 0 aromatic carbocycles. The highest BCUT2D eigenvalue weighted by Gasteiger charge is 2.21. The first-order valence-electron chi connectivity index (χ1n) is 4.98. The lowest BCUT2D eigenvalue weighted by Gasteiger charge is -2.36. The number of hydrogen-bond acceptors (Lipinski definition) is 1. The maximum Gasteiger partial charge on any atom is 0.00694 e. The highest BCUT2D eigenvalue weighted by molar-refractivity contribution is 4.76. The highest BCUT2D eigenvalue weighted by Crippen LogP contribution is 2.21. The number of hydrogen-bond donors (Lipinski definition) is 0. The second-order valence-corrected chi connectivity index (χ2v) is 4.01. The molecule has 1 aliphatic heterocycles. The Labute approximate surface area is 70.8 Å². The third-order valence-electron chi connectivity index (χ3n) is 2.79. The fraction of sp³-hybridized carbons (Fsp3) is 1.00. The summed E-state index contributed by atoms with van der Waals surface area (Å²) in [7, 11) is 0. The molecule has 0 amide bonds. The molecule has 66 valence electrons. The van der Waals surface area contributed by atoms with E-state index < -0.39 is 0 Å². The van der Waals surface area contributed by atoms with Crippen molar-refractivity contribution in [1.29, 1.82) is 0 Å². The van der Waals surface area contributed by atoms with E-state index in [1.54, 1.807) is 0 Å². The van der Waals surface area contributed by atoms with Crippen LogP contribution in [0.4, 0.5) is 0 Å². The van der Waals surface area contributed by atoms with Crippen molar-refractivity contribution in [2.45, 2.75) is 46.1 Å². The third-order valence-corrected chi connectivity index (χ3v) is 2.79. The fourth-order valence-electron chi connectivity index (χ4n) is 2.08. The van der Waals surface area contributed by atoms with Crippen LogP contribution >= 0.6 is 0 Å². The predicted octanol–water partition coefficient (Wildman–Crippen LogP) is 2.52. The summed E-state index contributed by atoms with van der Waals surface area (Å²) < 4.78 is 0. The number of nitrogens with zero attached hydrogens (tertiary/aromatic N) is 1. The zero-order valence-electron chi connectivity index (χ0n) is 8.14. The van der Waals surface area contributed by atoms with E-state index >= 15 is 0 Å². The molecule has 1 fully saturated rings. The molecule has 2 atom stereocenters. The van der Waals surface area contributed by atoms with Crippen molar-refractivity contribution in [3.05, 3.63) is 0 Å². The van der Waals surface area contributed by atoms with Gasteiger partial charge in [-0.2, -0.15) is 0 Å². The Morgan fingerprint density at radius 1 is 1.36 bits per heavy atom. The van der Waals surface area contributed by atoms with Crippen LogP contribution in [0.5, 0.6) is 0 Å². The number of likely N-dealkylation sites (tertiary alicyclic amines) is 1. The minimum absolute atomic E-state index is 0.832. The molecule has 0 spiro atoms. The summed E-state index contributed by atoms with van der Waals surface area (Å²) in [6.45, 7) is 9.64. The molecule has 0 aliphatic carbocycles. The van der Waals surface area contributed by atoms with Crippen molar-refractivity contribution in [2.24, 2.45) is 5.92 Å². The molecule has 0 bridgehead atoms. The molecule has 0 aromatic heterocycles. The van der Waals surface area contributed by atoms with Crippen molar-refractivity contribution >= 4 is 0 Å². The monoisotopic (exact) mass is 155 g/mol. The third kappa shape index (κ3) is 2.48. The largest absolute Gasteiger partial charge is 0.301 e. The van der Waals surface area contributed by atoms with Crippen LogP contribution in [0.1, 0.15) is 40.0 Å². The Balaban J connectivity index is 2.31. The Morgan fingerprint density at radius 3 is 2.64 bits per heavy atom. The normalized spacial score (nSPS) is 34.1. The van der Waals surface area contributed by atoms with Crippen LogP contribution in [0.3, 0.4) is 0 Å². The van der Waals surface area contributed by atoms with Gasteiger partial charge in [0.1, 0.15) is 0 Å². The van der Waals surface area contributed by atoms with Gasteiger partial charge in [-0.25, -0.2) is 0 Å². The summed E-state index contributed by atoms with van der Waals surface area (Å²) in [6, 6.07) is 0.832. The van der Waals surface area contributed by atoms with E-state index in [0.29, 0.717) is 0 Å². The number of rotatable bonds is 2. The van der Waals surface area contributed by atoms with Gasteiger partial charge in [0, 0.05) is 6.04 Å². The smallest absolute Gasteiger partial charge is 0.00694 e. The lowest BCUT2D eigenvalue weighted by Crippen LogP contribution is -2.40. The zero-order chi connectivity index (χ0) is 8.27. The van der Waals surface area contributed by atoms with Gasteiger partial charge in [0.15, 0.2) is 0 Å². The average molecular weight is 155 g/mol. The lowest BCUT2D eigenvalue weighted by molar-refractivity contribution is 0.130. The molecule has 11 heavy (non-hydrogen) atoms. The van der Waals surface area contributed by atoms with Gasteiger partial charge >= 0.3 is 0 Å². The maximum absolute atomic E-state index is 2.62. The summed E-state index contributed by atoms with van der Waals surface area (Å²) in [6.07, 6.45) is 4.11. The van der Waals surface area contributed by atoms with Crippen molar-refractivity contribution in [2.75, 3.05) is 13.1 Å². The van der Waals surface area contributed by atoms with Gasteiger partial charge in [-0.3, -0.25) is 0 Å². The van der Waals surface area contributed by atoms with E-state index in [-0.39, 0.29) is 0 Å². The minimum Gasteiger partial charge on any atom is -0.301 e. The minimum atomic E-state index is 0.832. The first-order valence-corrected chi connectivity index (χ1v) is 4.98. The summed E-state index contributed by atoms with van der Waals surface area (Å²) in [5.41, 5.74) is 0. The van der Waals surface area contributed by atoms with Crippen LogP contribution in [-0.4, -0.2) is 24.0 Å². The van der Waals surface area contributed by atoms with E-state index in [9.17, 15) is 0 Å². The van der Waals surface area contributed by atoms with E-state index in [1.165, 1.54) is 32.4 Å². The predicted molar refractivity (Wildman–Crippen MR) is 49.7 cm³/mol. The highest BCUT2D eigenvalue weighted by atomic mass is 15.2. The van der Waals surface area contributed by atoms with Gasteiger partial charge in [0.05, 0.1) is 0 Å². The van der Waals surface area contributed by atoms with Crippen LogP contribution in [-0.2, 0) is 0 Å². The average Bonchev–Trinajstić information content (AvgIpc) is 1.95. The molecule has 0 radical (unpaired) electrons. The molecule has 0 aromatic rings. The van der Waals surface area contributed by atoms with Crippen molar-refractivity contribution in [3.8, 4) is 0 Å². The van der Waals surface area contributed by atoms with Gasteiger partial charge < -0.3 is 4.90 Å². The first-order chi connectivity index (χ1) is 5.24. The van der Waals surface area contributed by atoms with Gasteiger partial charge in [-0.15, -0.1) is 0 Å². The fourth-order valence-corrected chi connectivity index (χ4v) is 2.08. The topological polar surface area (TPSA) is 3.24 Å².